The number of anilines is 1. The second-order valence-corrected chi connectivity index (χ2v) is 9.55. The molecule has 0 aromatic heterocycles. The molecule has 3 rings (SSSR count). The average Bonchev–Trinajstić information content (AvgIpc) is 3.02. The Bertz CT molecular complexity index is 964. The second kappa shape index (κ2) is 8.05. The van der Waals surface area contributed by atoms with Crippen LogP contribution in [0.15, 0.2) is 36.4 Å². The highest BCUT2D eigenvalue weighted by molar-refractivity contribution is 7.90. The number of rotatable bonds is 6. The first-order chi connectivity index (χ1) is 13.2. The Balaban J connectivity index is 1.77. The predicted octanol–water partition coefficient (Wildman–Crippen LogP) is 3.84. The minimum Gasteiger partial charge on any atom is -0.489 e. The van der Waals surface area contributed by atoms with Crippen molar-refractivity contribution in [3.63, 3.8) is 0 Å². The van der Waals surface area contributed by atoms with Crippen molar-refractivity contribution in [2.75, 3.05) is 5.73 Å². The van der Waals surface area contributed by atoms with Crippen LogP contribution in [-0.2, 0) is 10.0 Å². The first-order valence-corrected chi connectivity index (χ1v) is 10.7. The first kappa shape index (κ1) is 20.5. The molecule has 2 aromatic rings. The van der Waals surface area contributed by atoms with Gasteiger partial charge in [-0.2, -0.15) is 0 Å². The molecule has 0 heterocycles. The second-order valence-electron chi connectivity index (χ2n) is 7.28. The number of nitrogens with one attached hydrogen (secondary N) is 1. The van der Waals surface area contributed by atoms with Crippen molar-refractivity contribution >= 4 is 15.7 Å². The number of ether oxygens (including phenoxy) is 1. The average molecular weight is 410 g/mol. The molecular formula is C20H24F2N2O3S. The van der Waals surface area contributed by atoms with E-state index < -0.39 is 26.9 Å². The molecule has 0 amide bonds. The summed E-state index contributed by atoms with van der Waals surface area (Å²) in [4.78, 5) is 0. The maximum absolute atomic E-state index is 14.6. The molecule has 0 aliphatic heterocycles. The van der Waals surface area contributed by atoms with E-state index in [9.17, 15) is 17.2 Å². The van der Waals surface area contributed by atoms with Gasteiger partial charge in [0.25, 0.3) is 0 Å². The Hall–Kier alpha value is -2.19. The van der Waals surface area contributed by atoms with Crippen LogP contribution in [0.4, 0.5) is 14.5 Å². The number of hydrogen-bond donors (Lipinski definition) is 2. The van der Waals surface area contributed by atoms with Crippen LogP contribution in [-0.4, -0.2) is 25.8 Å². The zero-order chi connectivity index (χ0) is 20.5. The predicted molar refractivity (Wildman–Crippen MR) is 105 cm³/mol. The standard InChI is InChI=1S/C20H24F2N2O3S/c1-12(2)28(25,26)24-19-4-3-5-20(19)27-14-7-9-15(17(22)11-14)16-8-6-13(21)10-18(16)23/h6-12,19-20,24H,3-5,23H2,1-2H3/t19-,20?/m0/s1. The highest BCUT2D eigenvalue weighted by atomic mass is 32.2. The number of halogens is 2. The van der Waals surface area contributed by atoms with E-state index in [-0.39, 0.29) is 23.4 Å². The zero-order valence-electron chi connectivity index (χ0n) is 15.8. The Labute approximate surface area is 163 Å². The Morgan fingerprint density at radius 3 is 2.46 bits per heavy atom. The van der Waals surface area contributed by atoms with Gasteiger partial charge in [0.05, 0.1) is 11.3 Å². The van der Waals surface area contributed by atoms with Crippen LogP contribution < -0.4 is 15.2 Å². The highest BCUT2D eigenvalue weighted by Crippen LogP contribution is 2.32. The summed E-state index contributed by atoms with van der Waals surface area (Å²) < 4.78 is 60.7. The van der Waals surface area contributed by atoms with Crippen molar-refractivity contribution in [3.05, 3.63) is 48.0 Å². The summed E-state index contributed by atoms with van der Waals surface area (Å²) in [6.07, 6.45) is 1.81. The smallest absolute Gasteiger partial charge is 0.214 e. The summed E-state index contributed by atoms with van der Waals surface area (Å²) in [6, 6.07) is 7.82. The summed E-state index contributed by atoms with van der Waals surface area (Å²) in [7, 11) is -3.41. The van der Waals surface area contributed by atoms with Gasteiger partial charge in [0.2, 0.25) is 10.0 Å². The quantitative estimate of drug-likeness (QED) is 0.709. The normalized spacial score (nSPS) is 19.9. The van der Waals surface area contributed by atoms with E-state index in [1.54, 1.807) is 19.9 Å². The van der Waals surface area contributed by atoms with Crippen LogP contribution >= 0.6 is 0 Å². The molecule has 5 nitrogen and oxygen atoms in total. The van der Waals surface area contributed by atoms with Gasteiger partial charge >= 0.3 is 0 Å². The molecular weight excluding hydrogens is 386 g/mol. The van der Waals surface area contributed by atoms with Crippen LogP contribution in [0.3, 0.4) is 0 Å². The third kappa shape index (κ3) is 4.44. The summed E-state index contributed by atoms with van der Waals surface area (Å²) in [5, 5.41) is -0.536. The van der Waals surface area contributed by atoms with Gasteiger partial charge in [-0.15, -0.1) is 0 Å². The fourth-order valence-corrected chi connectivity index (χ4v) is 4.25. The van der Waals surface area contributed by atoms with Gasteiger partial charge < -0.3 is 10.5 Å². The van der Waals surface area contributed by atoms with Gasteiger partial charge in [-0.05, 0) is 63.4 Å². The van der Waals surface area contributed by atoms with Crippen LogP contribution in [0.2, 0.25) is 0 Å². The molecule has 8 heteroatoms. The number of benzene rings is 2. The molecule has 0 bridgehead atoms. The van der Waals surface area contributed by atoms with E-state index in [4.69, 9.17) is 10.5 Å². The van der Waals surface area contributed by atoms with E-state index in [1.807, 2.05) is 0 Å². The van der Waals surface area contributed by atoms with E-state index in [0.717, 1.165) is 12.5 Å². The fourth-order valence-electron chi connectivity index (χ4n) is 3.29. The molecule has 1 aliphatic carbocycles. The third-order valence-electron chi connectivity index (χ3n) is 4.92. The molecule has 0 spiro atoms. The van der Waals surface area contributed by atoms with Gasteiger partial charge in [-0.1, -0.05) is 0 Å². The molecule has 1 saturated carbocycles. The van der Waals surface area contributed by atoms with Crippen molar-refractivity contribution < 1.29 is 21.9 Å². The molecule has 1 aliphatic rings. The van der Waals surface area contributed by atoms with E-state index in [1.165, 1.54) is 24.3 Å². The molecule has 0 radical (unpaired) electrons. The molecule has 3 N–H and O–H groups in total. The molecule has 1 fully saturated rings. The number of nitrogens with two attached hydrogens (primary N) is 1. The minimum atomic E-state index is -3.41. The van der Waals surface area contributed by atoms with Crippen molar-refractivity contribution in [3.8, 4) is 16.9 Å². The van der Waals surface area contributed by atoms with Gasteiger partial charge in [0.15, 0.2) is 0 Å². The summed E-state index contributed by atoms with van der Waals surface area (Å²) >= 11 is 0. The number of nitrogen functional groups attached to an aromatic ring is 1. The summed E-state index contributed by atoms with van der Waals surface area (Å²) in [5.41, 5.74) is 6.58. The molecule has 1 unspecified atom stereocenters. The van der Waals surface area contributed by atoms with E-state index >= 15 is 0 Å². The molecule has 2 atom stereocenters. The molecule has 0 saturated heterocycles. The minimum absolute atomic E-state index is 0.145. The molecule has 152 valence electrons. The Kier molecular flexibility index (Phi) is 5.90. The number of sulfonamides is 1. The largest absolute Gasteiger partial charge is 0.489 e. The van der Waals surface area contributed by atoms with Gasteiger partial charge in [0, 0.05) is 22.9 Å². The Morgan fingerprint density at radius 2 is 1.82 bits per heavy atom. The van der Waals surface area contributed by atoms with Crippen LogP contribution in [0.1, 0.15) is 33.1 Å². The topological polar surface area (TPSA) is 81.4 Å². The SMILES string of the molecule is CC(C)S(=O)(=O)N[C@H]1CCCC1Oc1ccc(-c2ccc(F)cc2N)c(F)c1. The molecule has 28 heavy (non-hydrogen) atoms. The van der Waals surface area contributed by atoms with Crippen LogP contribution in [0.5, 0.6) is 5.75 Å². The summed E-state index contributed by atoms with van der Waals surface area (Å²) in [5.74, 6) is -0.728. The maximum atomic E-state index is 14.6. The Morgan fingerprint density at radius 1 is 1.11 bits per heavy atom. The van der Waals surface area contributed by atoms with E-state index in [2.05, 4.69) is 4.72 Å². The van der Waals surface area contributed by atoms with Crippen LogP contribution in [0.25, 0.3) is 11.1 Å². The zero-order valence-corrected chi connectivity index (χ0v) is 16.6. The van der Waals surface area contributed by atoms with Crippen LogP contribution in [0, 0.1) is 11.6 Å². The number of hydrogen-bond acceptors (Lipinski definition) is 4. The van der Waals surface area contributed by atoms with Crippen molar-refractivity contribution in [1.82, 2.24) is 4.72 Å². The maximum Gasteiger partial charge on any atom is 0.214 e. The van der Waals surface area contributed by atoms with Crippen molar-refractivity contribution in [2.24, 2.45) is 0 Å². The third-order valence-corrected chi connectivity index (χ3v) is 6.79. The van der Waals surface area contributed by atoms with Gasteiger partial charge in [0.1, 0.15) is 23.5 Å². The van der Waals surface area contributed by atoms with Gasteiger partial charge in [-0.3, -0.25) is 0 Å². The van der Waals surface area contributed by atoms with Crippen molar-refractivity contribution in [2.45, 2.75) is 50.5 Å². The highest BCUT2D eigenvalue weighted by Gasteiger charge is 2.33. The summed E-state index contributed by atoms with van der Waals surface area (Å²) in [6.45, 7) is 3.23. The lowest BCUT2D eigenvalue weighted by Crippen LogP contribution is -2.44. The van der Waals surface area contributed by atoms with Crippen molar-refractivity contribution in [1.29, 1.82) is 0 Å². The van der Waals surface area contributed by atoms with Gasteiger partial charge in [-0.25, -0.2) is 21.9 Å². The lowest BCUT2D eigenvalue weighted by molar-refractivity contribution is 0.184. The van der Waals surface area contributed by atoms with E-state index in [0.29, 0.717) is 24.2 Å². The monoisotopic (exact) mass is 410 g/mol. The lowest BCUT2D eigenvalue weighted by Gasteiger charge is -2.23. The first-order valence-electron chi connectivity index (χ1n) is 9.20. The lowest BCUT2D eigenvalue weighted by atomic mass is 10.0. The molecule has 2 aromatic carbocycles. The fraction of sp³-hybridized carbons (Fsp3) is 0.400.